The van der Waals surface area contributed by atoms with Crippen LogP contribution in [0.2, 0.25) is 0 Å². The van der Waals surface area contributed by atoms with E-state index >= 15 is 0 Å². The van der Waals surface area contributed by atoms with E-state index in [1.165, 1.54) is 12.0 Å². The molecule has 0 aromatic heterocycles. The first kappa shape index (κ1) is 9.53. The van der Waals surface area contributed by atoms with E-state index in [9.17, 15) is 0 Å². The molecule has 2 nitrogen and oxygen atoms in total. The minimum Gasteiger partial charge on any atom is -0.489 e. The minimum absolute atomic E-state index is 0.217. The first-order valence-electron chi connectivity index (χ1n) is 5.25. The van der Waals surface area contributed by atoms with Crippen molar-refractivity contribution >= 4 is 0 Å². The van der Waals surface area contributed by atoms with Crippen molar-refractivity contribution in [2.24, 2.45) is 5.73 Å². The predicted octanol–water partition coefficient (Wildman–Crippen LogP) is 2.25. The summed E-state index contributed by atoms with van der Waals surface area (Å²) in [6, 6.07) is 8.32. The van der Waals surface area contributed by atoms with Crippen molar-refractivity contribution in [3.63, 3.8) is 0 Å². The summed E-state index contributed by atoms with van der Waals surface area (Å²) in [5.74, 6) is 0.981. The molecule has 14 heavy (non-hydrogen) atoms. The van der Waals surface area contributed by atoms with E-state index in [1.807, 2.05) is 18.2 Å². The molecule has 1 aromatic rings. The third-order valence-electron chi connectivity index (χ3n) is 2.88. The fourth-order valence-electron chi connectivity index (χ4n) is 1.95. The molecule has 1 aromatic carbocycles. The summed E-state index contributed by atoms with van der Waals surface area (Å²) >= 11 is 0. The molecule has 1 saturated carbocycles. The topological polar surface area (TPSA) is 35.2 Å². The normalized spacial score (nSPS) is 26.4. The number of nitrogens with two attached hydrogens (primary N) is 1. The van der Waals surface area contributed by atoms with Crippen molar-refractivity contribution in [1.82, 2.24) is 0 Å². The zero-order valence-corrected chi connectivity index (χ0v) is 8.57. The molecule has 1 aliphatic carbocycles. The second-order valence-corrected chi connectivity index (χ2v) is 4.02. The van der Waals surface area contributed by atoms with Gasteiger partial charge in [0.15, 0.2) is 0 Å². The average molecular weight is 191 g/mol. The first-order valence-corrected chi connectivity index (χ1v) is 5.25. The highest BCUT2D eigenvalue weighted by Crippen LogP contribution is 2.25. The fraction of sp³-hybridized carbons (Fsp3) is 0.500. The zero-order chi connectivity index (χ0) is 9.97. The van der Waals surface area contributed by atoms with Gasteiger partial charge in [-0.2, -0.15) is 0 Å². The van der Waals surface area contributed by atoms with E-state index in [4.69, 9.17) is 10.5 Å². The highest BCUT2D eigenvalue weighted by molar-refractivity contribution is 5.32. The van der Waals surface area contributed by atoms with Crippen LogP contribution in [0.25, 0.3) is 0 Å². The summed E-state index contributed by atoms with van der Waals surface area (Å²) in [6.45, 7) is 2.07. The van der Waals surface area contributed by atoms with E-state index in [0.29, 0.717) is 0 Å². The number of hydrogen-bond donors (Lipinski definition) is 1. The zero-order valence-electron chi connectivity index (χ0n) is 8.57. The van der Waals surface area contributed by atoms with Gasteiger partial charge in [-0.1, -0.05) is 18.2 Å². The molecular weight excluding hydrogens is 174 g/mol. The number of aryl methyl sites for hydroxylation is 1. The molecule has 0 radical (unpaired) electrons. The molecule has 0 aliphatic heterocycles. The van der Waals surface area contributed by atoms with Gasteiger partial charge in [0.2, 0.25) is 0 Å². The molecule has 2 unspecified atom stereocenters. The van der Waals surface area contributed by atoms with Crippen LogP contribution in [-0.4, -0.2) is 12.1 Å². The standard InChI is InChI=1S/C12H17NO/c1-9-5-2-3-7-11(9)14-12-8-4-6-10(12)13/h2-3,5,7,10,12H,4,6,8,13H2,1H3. The van der Waals surface area contributed by atoms with Crippen molar-refractivity contribution < 1.29 is 4.74 Å². The van der Waals surface area contributed by atoms with Crippen LogP contribution in [0.3, 0.4) is 0 Å². The molecule has 2 rings (SSSR count). The lowest BCUT2D eigenvalue weighted by Crippen LogP contribution is -2.33. The van der Waals surface area contributed by atoms with Crippen molar-refractivity contribution in [3.05, 3.63) is 29.8 Å². The maximum Gasteiger partial charge on any atom is 0.122 e. The van der Waals surface area contributed by atoms with Crippen molar-refractivity contribution in [2.75, 3.05) is 0 Å². The van der Waals surface area contributed by atoms with Gasteiger partial charge in [0.05, 0.1) is 0 Å². The predicted molar refractivity (Wildman–Crippen MR) is 57.4 cm³/mol. The third-order valence-corrected chi connectivity index (χ3v) is 2.88. The Hall–Kier alpha value is -1.02. The fourth-order valence-corrected chi connectivity index (χ4v) is 1.95. The lowest BCUT2D eigenvalue weighted by molar-refractivity contribution is 0.190. The molecule has 76 valence electrons. The van der Waals surface area contributed by atoms with E-state index < -0.39 is 0 Å². The van der Waals surface area contributed by atoms with Crippen molar-refractivity contribution in [1.29, 1.82) is 0 Å². The monoisotopic (exact) mass is 191 g/mol. The Morgan fingerprint density at radius 2 is 2.07 bits per heavy atom. The summed E-state index contributed by atoms with van der Waals surface area (Å²) in [6.07, 6.45) is 3.60. The van der Waals surface area contributed by atoms with Crippen LogP contribution in [0.4, 0.5) is 0 Å². The van der Waals surface area contributed by atoms with Gasteiger partial charge in [-0.3, -0.25) is 0 Å². The number of ether oxygens (including phenoxy) is 1. The SMILES string of the molecule is Cc1ccccc1OC1CCCC1N. The Balaban J connectivity index is 2.07. The van der Waals surface area contributed by atoms with E-state index in [1.54, 1.807) is 0 Å². The van der Waals surface area contributed by atoms with E-state index in [-0.39, 0.29) is 12.1 Å². The third kappa shape index (κ3) is 1.90. The summed E-state index contributed by atoms with van der Waals surface area (Å²) < 4.78 is 5.89. The van der Waals surface area contributed by atoms with Gasteiger partial charge in [-0.25, -0.2) is 0 Å². The number of rotatable bonds is 2. The molecule has 0 spiro atoms. The summed E-state index contributed by atoms with van der Waals surface area (Å²) in [7, 11) is 0. The second kappa shape index (κ2) is 4.01. The smallest absolute Gasteiger partial charge is 0.122 e. The number of hydrogen-bond acceptors (Lipinski definition) is 2. The molecule has 1 aliphatic rings. The lowest BCUT2D eigenvalue weighted by Gasteiger charge is -2.19. The molecule has 2 atom stereocenters. The van der Waals surface area contributed by atoms with E-state index in [2.05, 4.69) is 13.0 Å². The summed E-state index contributed by atoms with van der Waals surface area (Å²) in [5.41, 5.74) is 7.14. The van der Waals surface area contributed by atoms with Gasteiger partial charge in [-0.15, -0.1) is 0 Å². The van der Waals surface area contributed by atoms with Gasteiger partial charge in [-0.05, 0) is 37.8 Å². The average Bonchev–Trinajstić information content (AvgIpc) is 2.56. The van der Waals surface area contributed by atoms with Crippen LogP contribution >= 0.6 is 0 Å². The Bertz CT molecular complexity index is 311. The Kier molecular flexibility index (Phi) is 2.73. The molecule has 0 heterocycles. The van der Waals surface area contributed by atoms with Gasteiger partial charge >= 0.3 is 0 Å². The maximum atomic E-state index is 5.95. The Labute approximate surface area is 85.1 Å². The van der Waals surface area contributed by atoms with Crippen molar-refractivity contribution in [3.8, 4) is 5.75 Å². The van der Waals surface area contributed by atoms with Crippen molar-refractivity contribution in [2.45, 2.75) is 38.3 Å². The molecule has 0 saturated heterocycles. The second-order valence-electron chi connectivity index (χ2n) is 4.02. The van der Waals surface area contributed by atoms with Crippen LogP contribution in [0.5, 0.6) is 5.75 Å². The Morgan fingerprint density at radius 3 is 2.71 bits per heavy atom. The van der Waals surface area contributed by atoms with Crippen LogP contribution < -0.4 is 10.5 Å². The van der Waals surface area contributed by atoms with E-state index in [0.717, 1.165) is 18.6 Å². The largest absolute Gasteiger partial charge is 0.489 e. The molecular formula is C12H17NO. The highest BCUT2D eigenvalue weighted by atomic mass is 16.5. The van der Waals surface area contributed by atoms with Crippen LogP contribution in [-0.2, 0) is 0 Å². The summed E-state index contributed by atoms with van der Waals surface area (Å²) in [5, 5.41) is 0. The van der Waals surface area contributed by atoms with Gasteiger partial charge in [0.1, 0.15) is 11.9 Å². The number of benzene rings is 1. The maximum absolute atomic E-state index is 5.95. The molecule has 0 amide bonds. The molecule has 2 heteroatoms. The van der Waals surface area contributed by atoms with Crippen LogP contribution in [0.1, 0.15) is 24.8 Å². The molecule has 0 bridgehead atoms. The highest BCUT2D eigenvalue weighted by Gasteiger charge is 2.25. The van der Waals surface area contributed by atoms with Gasteiger partial charge < -0.3 is 10.5 Å². The van der Waals surface area contributed by atoms with Gasteiger partial charge in [0.25, 0.3) is 0 Å². The quantitative estimate of drug-likeness (QED) is 0.778. The minimum atomic E-state index is 0.217. The molecule has 2 N–H and O–H groups in total. The van der Waals surface area contributed by atoms with Gasteiger partial charge in [0, 0.05) is 6.04 Å². The van der Waals surface area contributed by atoms with Crippen LogP contribution in [0, 0.1) is 6.92 Å². The summed E-state index contributed by atoms with van der Waals surface area (Å²) in [4.78, 5) is 0. The molecule has 1 fully saturated rings. The Morgan fingerprint density at radius 1 is 1.29 bits per heavy atom. The number of para-hydroxylation sites is 1. The first-order chi connectivity index (χ1) is 6.77. The lowest BCUT2D eigenvalue weighted by atomic mass is 10.2. The van der Waals surface area contributed by atoms with Crippen LogP contribution in [0.15, 0.2) is 24.3 Å².